The number of hydrogen-bond donors (Lipinski definition) is 1. The predicted molar refractivity (Wildman–Crippen MR) is 95.5 cm³/mol. The number of carbonyl (C=O) groups is 1. The Morgan fingerprint density at radius 1 is 1.08 bits per heavy atom. The molecule has 1 N–H and O–H groups in total. The lowest BCUT2D eigenvalue weighted by molar-refractivity contribution is 0.0692. The summed E-state index contributed by atoms with van der Waals surface area (Å²) in [5.74, 6) is -0.746. The van der Waals surface area contributed by atoms with Gasteiger partial charge < -0.3 is 9.84 Å². The van der Waals surface area contributed by atoms with E-state index in [1.165, 1.54) is 32.3 Å². The molecule has 0 spiro atoms. The van der Waals surface area contributed by atoms with Crippen LogP contribution in [0.1, 0.15) is 23.7 Å². The van der Waals surface area contributed by atoms with Crippen molar-refractivity contribution in [2.75, 3.05) is 20.7 Å². The molecule has 134 valence electrons. The quantitative estimate of drug-likeness (QED) is 0.817. The Morgan fingerprint density at radius 3 is 2.20 bits per heavy atom. The fourth-order valence-corrected chi connectivity index (χ4v) is 3.15. The van der Waals surface area contributed by atoms with Crippen LogP contribution >= 0.6 is 0 Å². The average Bonchev–Trinajstić information content (AvgIpc) is 2.59. The molecule has 0 saturated carbocycles. The first kappa shape index (κ1) is 19.0. The lowest BCUT2D eigenvalue weighted by Gasteiger charge is -2.13. The summed E-state index contributed by atoms with van der Waals surface area (Å²) < 4.78 is 30.8. The number of carboxylic acids is 1. The molecular formula is C18H21NO5S. The van der Waals surface area contributed by atoms with Gasteiger partial charge in [-0.05, 0) is 41.8 Å². The van der Waals surface area contributed by atoms with E-state index >= 15 is 0 Å². The molecule has 0 atom stereocenters. The minimum atomic E-state index is -3.50. The van der Waals surface area contributed by atoms with E-state index in [2.05, 4.69) is 0 Å². The monoisotopic (exact) mass is 363 g/mol. The van der Waals surface area contributed by atoms with Crippen LogP contribution < -0.4 is 4.74 Å². The number of sulfonamides is 1. The van der Waals surface area contributed by atoms with Crippen molar-refractivity contribution in [3.63, 3.8) is 0 Å². The van der Waals surface area contributed by atoms with E-state index < -0.39 is 16.0 Å². The highest BCUT2D eigenvalue weighted by Gasteiger charge is 2.17. The molecule has 0 heterocycles. The van der Waals surface area contributed by atoms with Gasteiger partial charge in [0.25, 0.3) is 0 Å². The second kappa shape index (κ2) is 7.67. The van der Waals surface area contributed by atoms with Crippen LogP contribution in [-0.2, 0) is 10.0 Å². The fourth-order valence-electron chi connectivity index (χ4n) is 2.24. The zero-order chi connectivity index (χ0) is 18.6. The van der Waals surface area contributed by atoms with Gasteiger partial charge in [0, 0.05) is 14.1 Å². The Hall–Kier alpha value is -2.38. The Kier molecular flexibility index (Phi) is 5.81. The van der Waals surface area contributed by atoms with Crippen molar-refractivity contribution in [2.24, 2.45) is 0 Å². The maximum atomic E-state index is 12.1. The number of rotatable bonds is 7. The lowest BCUT2D eigenvalue weighted by Crippen LogP contribution is -2.22. The normalized spacial score (nSPS) is 11.5. The zero-order valence-electron chi connectivity index (χ0n) is 14.4. The van der Waals surface area contributed by atoms with Crippen molar-refractivity contribution in [3.05, 3.63) is 48.0 Å². The van der Waals surface area contributed by atoms with Gasteiger partial charge in [0.05, 0.1) is 11.5 Å². The van der Waals surface area contributed by atoms with Gasteiger partial charge in [-0.15, -0.1) is 0 Å². The smallest absolute Gasteiger partial charge is 0.339 e. The number of carboxylic acid groups (broad SMARTS) is 1. The van der Waals surface area contributed by atoms with E-state index in [1.54, 1.807) is 24.3 Å². The van der Waals surface area contributed by atoms with Gasteiger partial charge in [0.15, 0.2) is 0 Å². The summed E-state index contributed by atoms with van der Waals surface area (Å²) in [6.45, 7) is 2.38. The van der Waals surface area contributed by atoms with Crippen molar-refractivity contribution >= 4 is 16.0 Å². The highest BCUT2D eigenvalue weighted by atomic mass is 32.2. The minimum absolute atomic E-state index is 0.0796. The molecule has 2 rings (SSSR count). The maximum absolute atomic E-state index is 12.1. The van der Waals surface area contributed by atoms with Crippen LogP contribution in [0.3, 0.4) is 0 Å². The molecule has 0 aliphatic heterocycles. The fraction of sp³-hybridized carbons (Fsp3) is 0.278. The topological polar surface area (TPSA) is 83.9 Å². The number of aromatic carboxylic acids is 1. The summed E-state index contributed by atoms with van der Waals surface area (Å²) in [7, 11) is -0.556. The molecular weight excluding hydrogens is 342 g/mol. The van der Waals surface area contributed by atoms with Crippen molar-refractivity contribution in [3.8, 4) is 16.9 Å². The van der Waals surface area contributed by atoms with Gasteiger partial charge in [-0.2, -0.15) is 0 Å². The van der Waals surface area contributed by atoms with Gasteiger partial charge in [0.2, 0.25) is 10.0 Å². The van der Waals surface area contributed by atoms with Crippen LogP contribution in [0.4, 0.5) is 0 Å². The van der Waals surface area contributed by atoms with Gasteiger partial charge in [-0.3, -0.25) is 0 Å². The van der Waals surface area contributed by atoms with Gasteiger partial charge in [0.1, 0.15) is 11.3 Å². The second-order valence-electron chi connectivity index (χ2n) is 5.68. The molecule has 6 nitrogen and oxygen atoms in total. The summed E-state index contributed by atoms with van der Waals surface area (Å²) in [6.07, 6.45) is 0.780. The highest BCUT2D eigenvalue weighted by molar-refractivity contribution is 7.89. The molecule has 0 aliphatic rings. The molecule has 2 aromatic carbocycles. The van der Waals surface area contributed by atoms with E-state index in [-0.39, 0.29) is 10.5 Å². The third-order valence-corrected chi connectivity index (χ3v) is 5.47. The van der Waals surface area contributed by atoms with Crippen LogP contribution in [0.25, 0.3) is 11.1 Å². The third kappa shape index (κ3) is 4.18. The predicted octanol–water partition coefficient (Wildman–Crippen LogP) is 3.09. The standard InChI is InChI=1S/C18H21NO5S/c1-4-11-24-17-10-7-14(12-16(17)18(20)21)13-5-8-15(9-6-13)25(22,23)19(2)3/h5-10,12H,4,11H2,1-3H3,(H,20,21). The van der Waals surface area contributed by atoms with Crippen molar-refractivity contribution in [2.45, 2.75) is 18.2 Å². The molecule has 2 aromatic rings. The summed E-state index contributed by atoms with van der Waals surface area (Å²) in [6, 6.07) is 11.2. The molecule has 0 fully saturated rings. The molecule has 0 bridgehead atoms. The summed E-state index contributed by atoms with van der Waals surface area (Å²) in [5, 5.41) is 9.38. The van der Waals surface area contributed by atoms with Crippen molar-refractivity contribution in [1.82, 2.24) is 4.31 Å². The van der Waals surface area contributed by atoms with Crippen molar-refractivity contribution in [1.29, 1.82) is 0 Å². The molecule has 0 aromatic heterocycles. The summed E-state index contributed by atoms with van der Waals surface area (Å²) in [4.78, 5) is 11.6. The Labute approximate surface area is 147 Å². The molecule has 0 radical (unpaired) electrons. The Morgan fingerprint density at radius 2 is 1.68 bits per heavy atom. The molecule has 0 amide bonds. The van der Waals surface area contributed by atoms with Crippen LogP contribution in [0.15, 0.2) is 47.4 Å². The first-order chi connectivity index (χ1) is 11.8. The van der Waals surface area contributed by atoms with Crippen LogP contribution in [0, 0.1) is 0 Å². The first-order valence-electron chi connectivity index (χ1n) is 7.80. The van der Waals surface area contributed by atoms with Gasteiger partial charge >= 0.3 is 5.97 Å². The molecule has 0 aliphatic carbocycles. The largest absolute Gasteiger partial charge is 0.493 e. The zero-order valence-corrected chi connectivity index (χ0v) is 15.2. The van der Waals surface area contributed by atoms with Crippen molar-refractivity contribution < 1.29 is 23.1 Å². The van der Waals surface area contributed by atoms with E-state index in [9.17, 15) is 18.3 Å². The average molecular weight is 363 g/mol. The summed E-state index contributed by atoms with van der Waals surface area (Å²) in [5.41, 5.74) is 1.48. The van der Waals surface area contributed by atoms with Crippen LogP contribution in [0.2, 0.25) is 0 Å². The molecule has 0 unspecified atom stereocenters. The van der Waals surface area contributed by atoms with E-state index in [0.29, 0.717) is 17.9 Å². The Balaban J connectivity index is 2.39. The number of nitrogens with zero attached hydrogens (tertiary/aromatic N) is 1. The van der Waals surface area contributed by atoms with Crippen LogP contribution in [-0.4, -0.2) is 44.5 Å². The van der Waals surface area contributed by atoms with E-state index in [1.807, 2.05) is 6.92 Å². The number of benzene rings is 2. The van der Waals surface area contributed by atoms with Gasteiger partial charge in [-0.1, -0.05) is 25.1 Å². The Bertz CT molecular complexity index is 858. The maximum Gasteiger partial charge on any atom is 0.339 e. The van der Waals surface area contributed by atoms with Gasteiger partial charge in [-0.25, -0.2) is 17.5 Å². The highest BCUT2D eigenvalue weighted by Crippen LogP contribution is 2.28. The number of hydrogen-bond acceptors (Lipinski definition) is 4. The molecule has 0 saturated heterocycles. The minimum Gasteiger partial charge on any atom is -0.493 e. The summed E-state index contributed by atoms with van der Waals surface area (Å²) >= 11 is 0. The molecule has 25 heavy (non-hydrogen) atoms. The van der Waals surface area contributed by atoms with E-state index in [0.717, 1.165) is 16.3 Å². The third-order valence-electron chi connectivity index (χ3n) is 3.64. The molecule has 7 heteroatoms. The lowest BCUT2D eigenvalue weighted by atomic mass is 10.0. The van der Waals surface area contributed by atoms with E-state index in [4.69, 9.17) is 4.74 Å². The van der Waals surface area contributed by atoms with Crippen LogP contribution in [0.5, 0.6) is 5.75 Å². The first-order valence-corrected chi connectivity index (χ1v) is 9.24. The second-order valence-corrected chi connectivity index (χ2v) is 7.83. The number of ether oxygens (including phenoxy) is 1. The SMILES string of the molecule is CCCOc1ccc(-c2ccc(S(=O)(=O)N(C)C)cc2)cc1C(=O)O.